The molecule has 0 saturated heterocycles. The largest absolute Gasteiger partial charge is 0.389 e. The molecule has 0 aromatic heterocycles. The van der Waals surface area contributed by atoms with Crippen molar-refractivity contribution in [1.82, 2.24) is 15.1 Å². The Labute approximate surface area is 226 Å². The number of benzene rings is 2. The number of carbonyl (C=O) groups excluding carboxylic acids is 2. The summed E-state index contributed by atoms with van der Waals surface area (Å²) in [7, 11) is 5.44. The maximum Gasteiger partial charge on any atom is 0.316 e. The number of aliphatic hydroxyl groups is 1. The molecule has 1 aliphatic heterocycles. The van der Waals surface area contributed by atoms with Gasteiger partial charge in [-0.3, -0.25) is 4.79 Å². The number of nitrogens with one attached hydrogen (secondary N) is 1. The second-order valence-corrected chi connectivity index (χ2v) is 10.6. The highest BCUT2D eigenvalue weighted by atomic mass is 16.3. The minimum atomic E-state index is -0.485. The summed E-state index contributed by atoms with van der Waals surface area (Å²) < 4.78 is 0. The minimum absolute atomic E-state index is 0.112. The van der Waals surface area contributed by atoms with Gasteiger partial charge in [0.15, 0.2) is 5.78 Å². The monoisotopic (exact) mass is 519 g/mol. The lowest BCUT2D eigenvalue weighted by atomic mass is 9.84. The molecule has 1 fully saturated rings. The van der Waals surface area contributed by atoms with Crippen LogP contribution in [0.3, 0.4) is 0 Å². The van der Waals surface area contributed by atoms with Crippen LogP contribution in [-0.4, -0.2) is 73.5 Å². The van der Waals surface area contributed by atoms with E-state index in [0.717, 1.165) is 29.3 Å². The van der Waals surface area contributed by atoms with Crippen molar-refractivity contribution in [2.24, 2.45) is 4.99 Å². The lowest BCUT2D eigenvalue weighted by molar-refractivity contribution is -0.122. The van der Waals surface area contributed by atoms with Gasteiger partial charge in [0.05, 0.1) is 11.7 Å². The number of aliphatic hydroxyl groups excluding tert-OH is 1. The third-order valence-corrected chi connectivity index (χ3v) is 7.58. The van der Waals surface area contributed by atoms with Gasteiger partial charge >= 0.3 is 6.03 Å². The summed E-state index contributed by atoms with van der Waals surface area (Å²) in [6, 6.07) is 16.3. The van der Waals surface area contributed by atoms with Crippen molar-refractivity contribution in [3.05, 3.63) is 59.7 Å². The number of fused-ring (bicyclic) bond motifs is 1. The normalized spacial score (nSPS) is 17.4. The Morgan fingerprint density at radius 3 is 2.42 bits per heavy atom. The van der Waals surface area contributed by atoms with E-state index in [1.165, 1.54) is 42.6 Å². The molecule has 0 radical (unpaired) electrons. The van der Waals surface area contributed by atoms with E-state index >= 15 is 0 Å². The standard InChI is InChI=1S/C30H41N5O3/c1-33(2)30(38)31-18-9-19-34(3)29-32-27-13-8-7-12-26(27)28(20-25(37)21-36)35(29)24-16-14-23(15-17-24)22-10-5-4-6-11-22/h7-8,12-17,22,28,36H,4-6,9-11,18-21H2,1-3H3,(H,31,38). The highest BCUT2D eigenvalue weighted by molar-refractivity contribution is 6.01. The molecule has 204 valence electrons. The summed E-state index contributed by atoms with van der Waals surface area (Å²) in [5.74, 6) is 1.16. The number of anilines is 1. The average molecular weight is 520 g/mol. The molecule has 1 saturated carbocycles. The van der Waals surface area contributed by atoms with E-state index in [9.17, 15) is 14.7 Å². The van der Waals surface area contributed by atoms with Crippen LogP contribution in [0, 0.1) is 0 Å². The minimum Gasteiger partial charge on any atom is -0.389 e. The first-order chi connectivity index (χ1) is 18.4. The van der Waals surface area contributed by atoms with Crippen LogP contribution < -0.4 is 10.2 Å². The second-order valence-electron chi connectivity index (χ2n) is 10.6. The predicted octanol–water partition coefficient (Wildman–Crippen LogP) is 4.83. The molecule has 38 heavy (non-hydrogen) atoms. The first-order valence-corrected chi connectivity index (χ1v) is 13.7. The van der Waals surface area contributed by atoms with Crippen molar-refractivity contribution in [3.63, 3.8) is 0 Å². The molecule has 2 aliphatic rings. The highest BCUT2D eigenvalue weighted by Crippen LogP contribution is 2.41. The van der Waals surface area contributed by atoms with Gasteiger partial charge in [0.2, 0.25) is 5.96 Å². The molecule has 2 amide bonds. The fourth-order valence-electron chi connectivity index (χ4n) is 5.47. The predicted molar refractivity (Wildman–Crippen MR) is 152 cm³/mol. The van der Waals surface area contributed by atoms with E-state index in [-0.39, 0.29) is 24.3 Å². The van der Waals surface area contributed by atoms with Crippen molar-refractivity contribution < 1.29 is 14.7 Å². The number of para-hydroxylation sites is 1. The number of hydrogen-bond donors (Lipinski definition) is 2. The maximum atomic E-state index is 12.6. The van der Waals surface area contributed by atoms with Crippen LogP contribution in [0.15, 0.2) is 53.5 Å². The Bertz CT molecular complexity index is 1120. The van der Waals surface area contributed by atoms with Crippen LogP contribution >= 0.6 is 0 Å². The van der Waals surface area contributed by atoms with Gasteiger partial charge in [0.1, 0.15) is 6.61 Å². The molecule has 0 spiro atoms. The van der Waals surface area contributed by atoms with Crippen LogP contribution in [0.2, 0.25) is 0 Å². The molecular weight excluding hydrogens is 478 g/mol. The number of guanidine groups is 1. The van der Waals surface area contributed by atoms with Crippen molar-refractivity contribution in [2.45, 2.75) is 56.9 Å². The summed E-state index contributed by atoms with van der Waals surface area (Å²) in [6.07, 6.45) is 7.31. The smallest absolute Gasteiger partial charge is 0.316 e. The third kappa shape index (κ3) is 6.54. The van der Waals surface area contributed by atoms with E-state index in [2.05, 4.69) is 39.4 Å². The Morgan fingerprint density at radius 2 is 1.74 bits per heavy atom. The SMILES string of the molecule is CN(C)C(=O)NCCCN(C)C1=Nc2ccccc2C(CC(=O)CO)N1c1ccc(C2CCCCC2)cc1. The molecule has 1 heterocycles. The lowest BCUT2D eigenvalue weighted by Gasteiger charge is -2.41. The number of hydrogen-bond acceptors (Lipinski definition) is 6. The first-order valence-electron chi connectivity index (χ1n) is 13.7. The summed E-state index contributed by atoms with van der Waals surface area (Å²) >= 11 is 0. The second kappa shape index (κ2) is 12.9. The van der Waals surface area contributed by atoms with Crippen molar-refractivity contribution in [1.29, 1.82) is 0 Å². The molecule has 2 aromatic carbocycles. The number of carbonyl (C=O) groups is 2. The van der Waals surface area contributed by atoms with Gasteiger partial charge in [-0.1, -0.05) is 49.6 Å². The Kier molecular flexibility index (Phi) is 9.39. The van der Waals surface area contributed by atoms with Crippen LogP contribution in [-0.2, 0) is 4.79 Å². The molecule has 1 unspecified atom stereocenters. The number of Topliss-reactive ketones (excluding diaryl/α,β-unsaturated/α-hetero) is 1. The van der Waals surface area contributed by atoms with Gasteiger partial charge in [-0.15, -0.1) is 0 Å². The zero-order chi connectivity index (χ0) is 27.1. The Hall–Kier alpha value is -3.39. The van der Waals surface area contributed by atoms with Gasteiger partial charge < -0.3 is 25.1 Å². The average Bonchev–Trinajstić information content (AvgIpc) is 2.95. The van der Waals surface area contributed by atoms with Gasteiger partial charge in [-0.05, 0) is 48.9 Å². The molecule has 2 N–H and O–H groups in total. The van der Waals surface area contributed by atoms with E-state index in [1.807, 2.05) is 31.3 Å². The molecule has 8 nitrogen and oxygen atoms in total. The number of rotatable bonds is 9. The van der Waals surface area contributed by atoms with E-state index in [1.54, 1.807) is 14.1 Å². The first kappa shape index (κ1) is 27.6. The Morgan fingerprint density at radius 1 is 1.03 bits per heavy atom. The quantitative estimate of drug-likeness (QED) is 0.464. The van der Waals surface area contributed by atoms with Crippen molar-refractivity contribution in [3.8, 4) is 0 Å². The lowest BCUT2D eigenvalue weighted by Crippen LogP contribution is -2.47. The van der Waals surface area contributed by atoms with Crippen LogP contribution in [0.1, 0.15) is 68.0 Å². The number of nitrogens with zero attached hydrogens (tertiary/aromatic N) is 4. The molecule has 1 aliphatic carbocycles. The van der Waals surface area contributed by atoms with Gasteiger partial charge in [-0.25, -0.2) is 9.79 Å². The van der Waals surface area contributed by atoms with Crippen LogP contribution in [0.25, 0.3) is 0 Å². The summed E-state index contributed by atoms with van der Waals surface area (Å²) in [4.78, 5) is 35.2. The molecular formula is C30H41N5O3. The fourth-order valence-corrected chi connectivity index (χ4v) is 5.47. The molecule has 8 heteroatoms. The van der Waals surface area contributed by atoms with Crippen LogP contribution in [0.5, 0.6) is 0 Å². The third-order valence-electron chi connectivity index (χ3n) is 7.58. The fraction of sp³-hybridized carbons (Fsp3) is 0.500. The van der Waals surface area contributed by atoms with Crippen molar-refractivity contribution in [2.75, 3.05) is 45.7 Å². The zero-order valence-corrected chi connectivity index (χ0v) is 22.9. The Balaban J connectivity index is 1.63. The van der Waals surface area contributed by atoms with Crippen LogP contribution in [0.4, 0.5) is 16.2 Å². The van der Waals surface area contributed by atoms with Gasteiger partial charge in [-0.2, -0.15) is 0 Å². The number of amides is 2. The maximum absolute atomic E-state index is 12.6. The van der Waals surface area contributed by atoms with Gasteiger partial charge in [0, 0.05) is 51.9 Å². The number of urea groups is 1. The summed E-state index contributed by atoms with van der Waals surface area (Å²) in [5, 5.41) is 12.5. The van der Waals surface area contributed by atoms with E-state index in [0.29, 0.717) is 19.0 Å². The number of ketones is 1. The molecule has 0 bridgehead atoms. The van der Waals surface area contributed by atoms with E-state index < -0.39 is 6.61 Å². The molecule has 1 atom stereocenters. The zero-order valence-electron chi connectivity index (χ0n) is 22.9. The topological polar surface area (TPSA) is 88.5 Å². The number of aliphatic imine (C=N–C) groups is 1. The molecule has 2 aromatic rings. The van der Waals surface area contributed by atoms with Crippen molar-refractivity contribution >= 4 is 29.1 Å². The van der Waals surface area contributed by atoms with E-state index in [4.69, 9.17) is 4.99 Å². The summed E-state index contributed by atoms with van der Waals surface area (Å²) in [6.45, 7) is 0.737. The summed E-state index contributed by atoms with van der Waals surface area (Å²) in [5.41, 5.74) is 4.15. The van der Waals surface area contributed by atoms with Gasteiger partial charge in [0.25, 0.3) is 0 Å². The highest BCUT2D eigenvalue weighted by Gasteiger charge is 2.34. The molecule has 4 rings (SSSR count).